The summed E-state index contributed by atoms with van der Waals surface area (Å²) < 4.78 is 52.6. The van der Waals surface area contributed by atoms with E-state index in [2.05, 4.69) is 20.1 Å². The summed E-state index contributed by atoms with van der Waals surface area (Å²) in [6, 6.07) is 10.1. The third-order valence-corrected chi connectivity index (χ3v) is 10.4. The first-order valence-corrected chi connectivity index (χ1v) is 15.8. The van der Waals surface area contributed by atoms with Gasteiger partial charge in [0, 0.05) is 49.1 Å². The minimum Gasteiger partial charge on any atom is -0.508 e. The highest BCUT2D eigenvalue weighted by Gasteiger charge is 2.49. The molecule has 0 radical (unpaired) electrons. The molecule has 0 spiro atoms. The van der Waals surface area contributed by atoms with Gasteiger partial charge in [-0.15, -0.1) is 0 Å². The molecule has 8 rings (SSSR count). The summed E-state index contributed by atoms with van der Waals surface area (Å²) in [5, 5.41) is 15.9. The third kappa shape index (κ3) is 4.32. The number of nitrogens with zero attached hydrogens (tertiary/aromatic N) is 4. The van der Waals surface area contributed by atoms with Crippen molar-refractivity contribution in [2.24, 2.45) is 0 Å². The quantitative estimate of drug-likeness (QED) is 0.285. The van der Waals surface area contributed by atoms with Crippen LogP contribution in [-0.2, 0) is 6.42 Å². The summed E-state index contributed by atoms with van der Waals surface area (Å²) >= 11 is 0. The number of aryl methyl sites for hydroxylation is 1. The van der Waals surface area contributed by atoms with E-state index in [0.717, 1.165) is 45.3 Å². The molecule has 4 aliphatic rings. The van der Waals surface area contributed by atoms with Gasteiger partial charge in [0.1, 0.15) is 35.7 Å². The van der Waals surface area contributed by atoms with Crippen molar-refractivity contribution in [3.8, 4) is 22.9 Å². The lowest BCUT2D eigenvalue weighted by Gasteiger charge is -2.37. The largest absolute Gasteiger partial charge is 0.508 e. The van der Waals surface area contributed by atoms with Crippen LogP contribution in [0.25, 0.3) is 32.8 Å². The Morgan fingerprint density at radius 1 is 1.07 bits per heavy atom. The number of fused-ring (bicyclic) bond motifs is 5. The summed E-state index contributed by atoms with van der Waals surface area (Å²) in [6.07, 6.45) is 3.78. The number of alkyl halides is 1. The summed E-state index contributed by atoms with van der Waals surface area (Å²) in [4.78, 5) is 14.0. The number of aromatic nitrogens is 2. The van der Waals surface area contributed by atoms with Gasteiger partial charge in [0.15, 0.2) is 5.82 Å². The maximum Gasteiger partial charge on any atom is 0.319 e. The van der Waals surface area contributed by atoms with Gasteiger partial charge < -0.3 is 20.1 Å². The SMILES string of the molecule is CCc1c(F)ccc2cc(O)cc(-c3ccc4c(N5C6CCC5CNC6)nc(OC[C@@]56CCCN5C[C@H](F)C6)nc4c3F)c12. The average molecular weight is 604 g/mol. The standard InChI is InChI=1S/C34H36F3N5O2/c1-2-24-28(36)9-4-19-12-23(43)13-27(29(19)24)25-7-8-26-31(30(25)37)39-33(40-32(26)42-21-5-6-22(42)16-38-15-21)44-18-34-10-3-11-41(34)17-20(35)14-34/h4,7-9,12-13,20-22,38,43H,2-3,5-6,10-11,14-18H2,1H3/t20-,21?,22?,34+/m1/s1. The molecule has 5 heterocycles. The molecule has 2 unspecified atom stereocenters. The number of phenolic OH excluding ortho intramolecular Hbond substituents is 1. The number of benzene rings is 3. The summed E-state index contributed by atoms with van der Waals surface area (Å²) in [5.74, 6) is -0.345. The number of piperazine rings is 1. The van der Waals surface area contributed by atoms with E-state index < -0.39 is 17.5 Å². The lowest BCUT2D eigenvalue weighted by molar-refractivity contribution is 0.107. The first-order valence-electron chi connectivity index (χ1n) is 15.8. The van der Waals surface area contributed by atoms with Crippen molar-refractivity contribution in [1.29, 1.82) is 0 Å². The molecule has 4 saturated heterocycles. The number of aromatic hydroxyl groups is 1. The highest BCUT2D eigenvalue weighted by molar-refractivity contribution is 6.03. The molecule has 230 valence electrons. The molecule has 0 aliphatic carbocycles. The van der Waals surface area contributed by atoms with Gasteiger partial charge in [-0.2, -0.15) is 9.97 Å². The van der Waals surface area contributed by atoms with Crippen molar-refractivity contribution in [3.05, 3.63) is 53.6 Å². The Balaban J connectivity index is 1.29. The number of nitrogens with one attached hydrogen (secondary N) is 1. The Kier molecular flexibility index (Phi) is 6.64. The second kappa shape index (κ2) is 10.5. The van der Waals surface area contributed by atoms with E-state index >= 15 is 4.39 Å². The van der Waals surface area contributed by atoms with E-state index in [1.54, 1.807) is 18.2 Å². The Morgan fingerprint density at radius 3 is 2.68 bits per heavy atom. The van der Waals surface area contributed by atoms with Crippen LogP contribution in [0, 0.1) is 11.6 Å². The second-order valence-electron chi connectivity index (χ2n) is 12.9. The molecular weight excluding hydrogens is 567 g/mol. The van der Waals surface area contributed by atoms with Crippen LogP contribution in [0.3, 0.4) is 0 Å². The van der Waals surface area contributed by atoms with Crippen molar-refractivity contribution in [3.63, 3.8) is 0 Å². The fraction of sp³-hybridized carbons (Fsp3) is 0.471. The van der Waals surface area contributed by atoms with Gasteiger partial charge in [-0.05, 0) is 84.8 Å². The topological polar surface area (TPSA) is 73.8 Å². The molecule has 7 nitrogen and oxygen atoms in total. The van der Waals surface area contributed by atoms with Gasteiger partial charge in [0.2, 0.25) is 0 Å². The maximum absolute atomic E-state index is 16.9. The number of ether oxygens (including phenoxy) is 1. The monoisotopic (exact) mass is 603 g/mol. The molecular formula is C34H36F3N5O2. The third-order valence-electron chi connectivity index (χ3n) is 10.4. The second-order valence-corrected chi connectivity index (χ2v) is 12.9. The smallest absolute Gasteiger partial charge is 0.319 e. The van der Waals surface area contributed by atoms with E-state index in [9.17, 15) is 13.9 Å². The Bertz CT molecular complexity index is 1770. The molecule has 3 aromatic carbocycles. The van der Waals surface area contributed by atoms with E-state index in [4.69, 9.17) is 9.72 Å². The normalized spacial score (nSPS) is 26.6. The van der Waals surface area contributed by atoms with E-state index in [-0.39, 0.29) is 47.3 Å². The van der Waals surface area contributed by atoms with E-state index in [0.29, 0.717) is 52.5 Å². The number of phenols is 1. The fourth-order valence-electron chi connectivity index (χ4n) is 8.43. The molecule has 4 aliphatic heterocycles. The summed E-state index contributed by atoms with van der Waals surface area (Å²) in [6.45, 7) is 4.98. The zero-order valence-electron chi connectivity index (χ0n) is 24.8. The van der Waals surface area contributed by atoms with Crippen molar-refractivity contribution < 1.29 is 23.0 Å². The first kappa shape index (κ1) is 27.9. The van der Waals surface area contributed by atoms with Crippen molar-refractivity contribution in [2.75, 3.05) is 37.7 Å². The molecule has 4 fully saturated rings. The van der Waals surface area contributed by atoms with Gasteiger partial charge in [-0.1, -0.05) is 19.1 Å². The molecule has 0 saturated carbocycles. The maximum atomic E-state index is 16.9. The van der Waals surface area contributed by atoms with Gasteiger partial charge in [-0.3, -0.25) is 4.90 Å². The molecule has 1 aromatic heterocycles. The number of hydrogen-bond donors (Lipinski definition) is 2. The van der Waals surface area contributed by atoms with Crippen LogP contribution in [-0.4, -0.2) is 76.6 Å². The van der Waals surface area contributed by atoms with Crippen LogP contribution in [0.4, 0.5) is 19.0 Å². The Labute approximate surface area is 254 Å². The average Bonchev–Trinajstić information content (AvgIpc) is 3.62. The predicted molar refractivity (Wildman–Crippen MR) is 164 cm³/mol. The highest BCUT2D eigenvalue weighted by Crippen LogP contribution is 2.43. The zero-order chi connectivity index (χ0) is 30.2. The molecule has 4 aromatic rings. The lowest BCUT2D eigenvalue weighted by atomic mass is 9.92. The van der Waals surface area contributed by atoms with E-state index in [1.165, 1.54) is 12.1 Å². The number of rotatable bonds is 6. The van der Waals surface area contributed by atoms with Crippen molar-refractivity contribution >= 4 is 27.5 Å². The molecule has 0 amide bonds. The zero-order valence-corrected chi connectivity index (χ0v) is 24.8. The van der Waals surface area contributed by atoms with Crippen molar-refractivity contribution in [2.45, 2.75) is 69.2 Å². The molecule has 44 heavy (non-hydrogen) atoms. The minimum absolute atomic E-state index is 0.0337. The van der Waals surface area contributed by atoms with Gasteiger partial charge >= 0.3 is 6.01 Å². The van der Waals surface area contributed by atoms with Crippen LogP contribution in [0.5, 0.6) is 11.8 Å². The van der Waals surface area contributed by atoms with Crippen LogP contribution in [0.1, 0.15) is 44.6 Å². The Hall–Kier alpha value is -3.63. The highest BCUT2D eigenvalue weighted by atomic mass is 19.1. The molecule has 4 atom stereocenters. The number of hydrogen-bond acceptors (Lipinski definition) is 7. The van der Waals surface area contributed by atoms with Gasteiger partial charge in [-0.25, -0.2) is 13.2 Å². The van der Waals surface area contributed by atoms with Crippen LogP contribution < -0.4 is 15.0 Å². The van der Waals surface area contributed by atoms with Gasteiger partial charge in [0.25, 0.3) is 0 Å². The fourth-order valence-corrected chi connectivity index (χ4v) is 8.43. The number of anilines is 1. The van der Waals surface area contributed by atoms with Crippen LogP contribution in [0.2, 0.25) is 0 Å². The minimum atomic E-state index is -0.890. The molecule has 10 heteroatoms. The molecule has 2 bridgehead atoms. The Morgan fingerprint density at radius 2 is 1.89 bits per heavy atom. The van der Waals surface area contributed by atoms with Gasteiger partial charge in [0.05, 0.1) is 5.54 Å². The first-order chi connectivity index (χ1) is 21.3. The lowest BCUT2D eigenvalue weighted by Crippen LogP contribution is -2.52. The number of halogens is 3. The molecule has 2 N–H and O–H groups in total. The summed E-state index contributed by atoms with van der Waals surface area (Å²) in [7, 11) is 0. The predicted octanol–water partition coefficient (Wildman–Crippen LogP) is 5.89. The summed E-state index contributed by atoms with van der Waals surface area (Å²) in [5.41, 5.74) is 0.801. The van der Waals surface area contributed by atoms with Crippen molar-refractivity contribution in [1.82, 2.24) is 20.2 Å². The van der Waals surface area contributed by atoms with Crippen LogP contribution in [0.15, 0.2) is 36.4 Å². The van der Waals surface area contributed by atoms with E-state index in [1.807, 2.05) is 13.0 Å². The van der Waals surface area contributed by atoms with Crippen LogP contribution >= 0.6 is 0 Å².